The van der Waals surface area contributed by atoms with E-state index in [1.165, 1.54) is 0 Å². The summed E-state index contributed by atoms with van der Waals surface area (Å²) < 4.78 is 304. The average molecular weight is 655 g/mol. The first-order valence-electron chi connectivity index (χ1n) is 9.11. The van der Waals surface area contributed by atoms with Crippen LogP contribution in [-0.2, 0) is 4.79 Å². The highest BCUT2D eigenvalue weighted by atomic mass is 19.4. The van der Waals surface area contributed by atoms with E-state index in [4.69, 9.17) is 0 Å². The number of halogens is 23. The molecule has 0 fully saturated rings. The van der Waals surface area contributed by atoms with Crippen molar-refractivity contribution in [2.75, 3.05) is 6.54 Å². The van der Waals surface area contributed by atoms with Gasteiger partial charge in [0.15, 0.2) is 0 Å². The highest BCUT2D eigenvalue weighted by molar-refractivity contribution is 5.84. The summed E-state index contributed by atoms with van der Waals surface area (Å²) in [5.41, 5.74) is 0. The Labute approximate surface area is 203 Å². The lowest BCUT2D eigenvalue weighted by atomic mass is 9.85. The number of hydrogen-bond donors (Lipinski definition) is 1. The summed E-state index contributed by atoms with van der Waals surface area (Å²) in [6.45, 7) is -0.245. The molecule has 0 aliphatic carbocycles. The van der Waals surface area contributed by atoms with Crippen LogP contribution in [0.1, 0.15) is 13.3 Å². The fourth-order valence-corrected chi connectivity index (χ4v) is 2.25. The third-order valence-corrected chi connectivity index (χ3v) is 4.73. The van der Waals surface area contributed by atoms with Crippen LogP contribution in [0.4, 0.5) is 101 Å². The molecule has 240 valence electrons. The Balaban J connectivity index is 7.18. The quantitative estimate of drug-likeness (QED) is 0.218. The summed E-state index contributed by atoms with van der Waals surface area (Å²) in [4.78, 5) is 10.9. The van der Waals surface area contributed by atoms with E-state index < -0.39 is 84.3 Å². The van der Waals surface area contributed by atoms with Crippen molar-refractivity contribution in [3.05, 3.63) is 0 Å². The van der Waals surface area contributed by atoms with Crippen LogP contribution in [0.2, 0.25) is 0 Å². The molecule has 1 amide bonds. The molecule has 0 aromatic rings. The van der Waals surface area contributed by atoms with Gasteiger partial charge >= 0.3 is 65.4 Å². The number of alkyl halides is 23. The van der Waals surface area contributed by atoms with Gasteiger partial charge in [0, 0.05) is 6.54 Å². The summed E-state index contributed by atoms with van der Waals surface area (Å²) >= 11 is 0. The summed E-state index contributed by atoms with van der Waals surface area (Å²) in [6, 6.07) is 0. The lowest BCUT2D eigenvalue weighted by Gasteiger charge is -2.45. The van der Waals surface area contributed by atoms with Crippen molar-refractivity contribution in [3.63, 3.8) is 0 Å². The Kier molecular flexibility index (Phi) is 9.19. The van der Waals surface area contributed by atoms with Gasteiger partial charge < -0.3 is 5.32 Å². The zero-order chi connectivity index (χ0) is 33.2. The van der Waals surface area contributed by atoms with Gasteiger partial charge in [0.2, 0.25) is 0 Å². The van der Waals surface area contributed by atoms with Gasteiger partial charge in [-0.1, -0.05) is 6.92 Å². The van der Waals surface area contributed by atoms with Crippen LogP contribution in [0.25, 0.3) is 0 Å². The third kappa shape index (κ3) is 4.55. The summed E-state index contributed by atoms with van der Waals surface area (Å²) in [5.74, 6) is -92.7. The van der Waals surface area contributed by atoms with E-state index in [1.54, 1.807) is 0 Å². The molecule has 25 heteroatoms. The van der Waals surface area contributed by atoms with Crippen LogP contribution >= 0.6 is 0 Å². The number of rotatable bonds is 12. The normalized spacial score (nSPS) is 16.3. The summed E-state index contributed by atoms with van der Waals surface area (Å²) in [6.07, 6.45) is -8.64. The zero-order valence-electron chi connectivity index (χ0n) is 18.0. The SMILES string of the molecule is CCCNC(=O)C(F)(F)C(F)(F)C(F)(F)C(F)(F)C(F)(F)C(F)(F)C(F)(F)C(F)(F)C(F)(F)C(F)(F)C(F)(F)F. The largest absolute Gasteiger partial charge is 0.460 e. The van der Waals surface area contributed by atoms with E-state index in [9.17, 15) is 106 Å². The molecule has 0 spiro atoms. The van der Waals surface area contributed by atoms with E-state index in [0.29, 0.717) is 5.32 Å². The Morgan fingerprint density at radius 2 is 0.650 bits per heavy atom. The predicted molar refractivity (Wildman–Crippen MR) is 78.8 cm³/mol. The summed E-state index contributed by atoms with van der Waals surface area (Å²) in [7, 11) is 0. The highest BCUT2D eigenvalue weighted by Crippen LogP contribution is 2.67. The minimum absolute atomic E-state index is 0.522. The number of carbonyl (C=O) groups is 1. The van der Waals surface area contributed by atoms with Gasteiger partial charge in [0.1, 0.15) is 0 Å². The summed E-state index contributed by atoms with van der Waals surface area (Å²) in [5, 5.41) is 0.610. The maximum atomic E-state index is 13.6. The Morgan fingerprint density at radius 1 is 0.425 bits per heavy atom. The van der Waals surface area contributed by atoms with Crippen molar-refractivity contribution >= 4 is 5.91 Å². The molecule has 0 atom stereocenters. The van der Waals surface area contributed by atoms with Crippen molar-refractivity contribution in [2.24, 2.45) is 0 Å². The molecular weight excluding hydrogens is 647 g/mol. The Hall–Kier alpha value is -2.14. The second-order valence-corrected chi connectivity index (χ2v) is 7.50. The predicted octanol–water partition coefficient (Wildman–Crippen LogP) is 7.43. The topological polar surface area (TPSA) is 29.1 Å². The molecule has 0 saturated heterocycles. The molecule has 40 heavy (non-hydrogen) atoms. The molecule has 2 nitrogen and oxygen atoms in total. The van der Waals surface area contributed by atoms with Gasteiger partial charge in [0.25, 0.3) is 5.91 Å². The molecule has 0 aromatic heterocycles. The number of hydrogen-bond acceptors (Lipinski definition) is 1. The lowest BCUT2D eigenvalue weighted by Crippen LogP contribution is -2.78. The molecule has 0 saturated carbocycles. The molecule has 0 unspecified atom stereocenters. The Bertz CT molecular complexity index is 931. The first-order chi connectivity index (χ1) is 17.0. The number of amides is 1. The molecule has 0 aromatic carbocycles. The minimum atomic E-state index is -9.46. The van der Waals surface area contributed by atoms with Crippen LogP contribution in [0, 0.1) is 0 Å². The maximum Gasteiger partial charge on any atom is 0.460 e. The molecule has 0 aliphatic heterocycles. The van der Waals surface area contributed by atoms with Crippen molar-refractivity contribution in [1.82, 2.24) is 5.32 Å². The zero-order valence-corrected chi connectivity index (χ0v) is 18.0. The van der Waals surface area contributed by atoms with Crippen molar-refractivity contribution in [1.29, 1.82) is 0 Å². The molecule has 0 heterocycles. The van der Waals surface area contributed by atoms with Gasteiger partial charge in [0.05, 0.1) is 0 Å². The van der Waals surface area contributed by atoms with Crippen LogP contribution in [0.15, 0.2) is 0 Å². The molecular formula is C15H8F23NO. The Morgan fingerprint density at radius 3 is 0.875 bits per heavy atom. The van der Waals surface area contributed by atoms with E-state index in [1.807, 2.05) is 0 Å². The number of carbonyl (C=O) groups excluding carboxylic acids is 1. The van der Waals surface area contributed by atoms with Crippen LogP contribution in [-0.4, -0.2) is 77.9 Å². The van der Waals surface area contributed by atoms with Crippen molar-refractivity contribution < 1.29 is 106 Å². The van der Waals surface area contributed by atoms with Crippen LogP contribution in [0.5, 0.6) is 0 Å². The van der Waals surface area contributed by atoms with E-state index in [2.05, 4.69) is 0 Å². The van der Waals surface area contributed by atoms with Crippen LogP contribution < -0.4 is 5.32 Å². The second-order valence-electron chi connectivity index (χ2n) is 7.50. The first-order valence-corrected chi connectivity index (χ1v) is 9.11. The molecule has 1 N–H and O–H groups in total. The van der Waals surface area contributed by atoms with Gasteiger partial charge in [-0.15, -0.1) is 0 Å². The third-order valence-electron chi connectivity index (χ3n) is 4.73. The first kappa shape index (κ1) is 37.9. The maximum absolute atomic E-state index is 13.6. The minimum Gasteiger partial charge on any atom is -0.351 e. The van der Waals surface area contributed by atoms with Crippen molar-refractivity contribution in [2.45, 2.75) is 78.7 Å². The lowest BCUT2D eigenvalue weighted by molar-refractivity contribution is -0.477. The second kappa shape index (κ2) is 9.71. The van der Waals surface area contributed by atoms with E-state index >= 15 is 0 Å². The van der Waals surface area contributed by atoms with Gasteiger partial charge in [-0.05, 0) is 6.42 Å². The standard InChI is InChI=1S/C15H8F23NO/c1-2-3-39-4(40)5(16,17)6(18,19)7(20,21)8(22,23)9(24,25)10(26,27)11(28,29)12(30,31)13(32,33)14(34,35)15(36,37)38/h2-3H2,1H3,(H,39,40). The van der Waals surface area contributed by atoms with Gasteiger partial charge in [-0.25, -0.2) is 0 Å². The molecule has 0 rings (SSSR count). The monoisotopic (exact) mass is 655 g/mol. The van der Waals surface area contributed by atoms with Crippen LogP contribution in [0.3, 0.4) is 0 Å². The molecule has 0 bridgehead atoms. The van der Waals surface area contributed by atoms with E-state index in [0.717, 1.165) is 6.92 Å². The highest BCUT2D eigenvalue weighted by Gasteiger charge is 2.99. The molecule has 0 radical (unpaired) electrons. The smallest absolute Gasteiger partial charge is 0.351 e. The van der Waals surface area contributed by atoms with Crippen molar-refractivity contribution in [3.8, 4) is 0 Å². The number of nitrogens with one attached hydrogen (secondary N) is 1. The fraction of sp³-hybridized carbons (Fsp3) is 0.933. The fourth-order valence-electron chi connectivity index (χ4n) is 2.25. The van der Waals surface area contributed by atoms with E-state index in [-0.39, 0.29) is 0 Å². The van der Waals surface area contributed by atoms with Gasteiger partial charge in [-0.3, -0.25) is 4.79 Å². The average Bonchev–Trinajstić information content (AvgIpc) is 2.75. The van der Waals surface area contributed by atoms with Gasteiger partial charge in [-0.2, -0.15) is 101 Å². The molecule has 0 aliphatic rings.